The van der Waals surface area contributed by atoms with E-state index < -0.39 is 5.97 Å². The summed E-state index contributed by atoms with van der Waals surface area (Å²) in [5.74, 6) is -0.875. The molecular formula is C13H20N2O3S. The van der Waals surface area contributed by atoms with Crippen molar-refractivity contribution in [3.8, 4) is 0 Å². The van der Waals surface area contributed by atoms with Crippen LogP contribution >= 0.6 is 11.3 Å². The number of carboxylic acids is 1. The molecule has 0 saturated heterocycles. The second-order valence-electron chi connectivity index (χ2n) is 5.15. The molecule has 1 amide bonds. The molecule has 1 heterocycles. The van der Waals surface area contributed by atoms with Crippen molar-refractivity contribution in [2.75, 3.05) is 0 Å². The number of nitrogens with zero attached hydrogens (tertiary/aromatic N) is 1. The lowest BCUT2D eigenvalue weighted by atomic mass is 10.0. The van der Waals surface area contributed by atoms with Gasteiger partial charge in [0.25, 0.3) is 5.91 Å². The van der Waals surface area contributed by atoms with Crippen LogP contribution in [0.25, 0.3) is 0 Å². The average molecular weight is 284 g/mol. The Bertz CT molecular complexity index is 454. The summed E-state index contributed by atoms with van der Waals surface area (Å²) in [6, 6.07) is -0.378. The van der Waals surface area contributed by atoms with E-state index in [0.29, 0.717) is 5.01 Å². The highest BCUT2D eigenvalue weighted by molar-refractivity contribution is 7.11. The molecule has 0 aliphatic heterocycles. The van der Waals surface area contributed by atoms with Gasteiger partial charge in [-0.3, -0.25) is 9.59 Å². The maximum atomic E-state index is 12.0. The van der Waals surface area contributed by atoms with Crippen LogP contribution < -0.4 is 5.32 Å². The minimum atomic E-state index is -0.916. The van der Waals surface area contributed by atoms with E-state index in [1.54, 1.807) is 0 Å². The lowest BCUT2D eigenvalue weighted by Crippen LogP contribution is -2.40. The van der Waals surface area contributed by atoms with Crippen molar-refractivity contribution in [3.63, 3.8) is 0 Å². The van der Waals surface area contributed by atoms with E-state index in [-0.39, 0.29) is 30.2 Å². The van der Waals surface area contributed by atoms with E-state index in [0.717, 1.165) is 5.69 Å². The van der Waals surface area contributed by atoms with Crippen molar-refractivity contribution < 1.29 is 14.7 Å². The maximum Gasteiger partial charge on any atom is 0.305 e. The van der Waals surface area contributed by atoms with E-state index >= 15 is 0 Å². The standard InChI is InChI=1S/C13H20N2O3S/c1-7(2)9(5-11(16)17)14-12(18)13-15-10(6-19-13)8(3)4/h6-9H,5H2,1-4H3,(H,14,18)(H,16,17)/t9-/m0/s1. The Morgan fingerprint density at radius 2 is 2.00 bits per heavy atom. The summed E-state index contributed by atoms with van der Waals surface area (Å²) in [6.07, 6.45) is -0.0776. The van der Waals surface area contributed by atoms with Crippen LogP contribution in [-0.2, 0) is 4.79 Å². The van der Waals surface area contributed by atoms with Crippen molar-refractivity contribution in [3.05, 3.63) is 16.1 Å². The molecule has 1 aromatic rings. The zero-order valence-corrected chi connectivity index (χ0v) is 12.5. The lowest BCUT2D eigenvalue weighted by Gasteiger charge is -2.19. The second kappa shape index (κ2) is 6.65. The summed E-state index contributed by atoms with van der Waals surface area (Å²) in [7, 11) is 0. The van der Waals surface area contributed by atoms with Crippen molar-refractivity contribution in [1.29, 1.82) is 0 Å². The van der Waals surface area contributed by atoms with Gasteiger partial charge in [-0.05, 0) is 11.8 Å². The van der Waals surface area contributed by atoms with Gasteiger partial charge >= 0.3 is 5.97 Å². The highest BCUT2D eigenvalue weighted by atomic mass is 32.1. The Balaban J connectivity index is 2.73. The minimum Gasteiger partial charge on any atom is -0.481 e. The number of amides is 1. The molecule has 106 valence electrons. The molecule has 6 heteroatoms. The summed E-state index contributed by atoms with van der Waals surface area (Å²) in [5.41, 5.74) is 0.884. The Morgan fingerprint density at radius 3 is 2.42 bits per heavy atom. The third kappa shape index (κ3) is 4.63. The fraction of sp³-hybridized carbons (Fsp3) is 0.615. The molecule has 2 N–H and O–H groups in total. The van der Waals surface area contributed by atoms with Gasteiger partial charge < -0.3 is 10.4 Å². The van der Waals surface area contributed by atoms with E-state index in [1.807, 2.05) is 33.1 Å². The van der Waals surface area contributed by atoms with Gasteiger partial charge in [-0.25, -0.2) is 4.98 Å². The summed E-state index contributed by atoms with van der Waals surface area (Å²) in [4.78, 5) is 27.0. The number of aromatic nitrogens is 1. The van der Waals surface area contributed by atoms with Crippen LogP contribution in [0.4, 0.5) is 0 Å². The summed E-state index contributed by atoms with van der Waals surface area (Å²) < 4.78 is 0. The van der Waals surface area contributed by atoms with Crippen LogP contribution in [0.2, 0.25) is 0 Å². The van der Waals surface area contributed by atoms with Crippen LogP contribution in [0.3, 0.4) is 0 Å². The molecule has 0 fully saturated rings. The van der Waals surface area contributed by atoms with Crippen LogP contribution in [0.1, 0.15) is 55.5 Å². The summed E-state index contributed by atoms with van der Waals surface area (Å²) in [5, 5.41) is 13.8. The minimum absolute atomic E-state index is 0.0598. The number of thiazole rings is 1. The molecule has 19 heavy (non-hydrogen) atoms. The quantitative estimate of drug-likeness (QED) is 0.841. The van der Waals surface area contributed by atoms with Gasteiger partial charge in [-0.2, -0.15) is 0 Å². The number of rotatable bonds is 6. The van der Waals surface area contributed by atoms with Crippen molar-refractivity contribution in [2.24, 2.45) is 5.92 Å². The number of carbonyl (C=O) groups is 2. The smallest absolute Gasteiger partial charge is 0.305 e. The molecule has 0 aromatic carbocycles. The average Bonchev–Trinajstić information content (AvgIpc) is 2.76. The third-order valence-corrected chi connectivity index (χ3v) is 3.68. The third-order valence-electron chi connectivity index (χ3n) is 2.82. The van der Waals surface area contributed by atoms with Gasteiger partial charge in [-0.15, -0.1) is 11.3 Å². The first kappa shape index (κ1) is 15.6. The van der Waals surface area contributed by atoms with Gasteiger partial charge in [0.15, 0.2) is 5.01 Å². The topological polar surface area (TPSA) is 79.3 Å². The number of carboxylic acid groups (broad SMARTS) is 1. The van der Waals surface area contributed by atoms with Gasteiger partial charge in [0.05, 0.1) is 12.1 Å². The molecule has 5 nitrogen and oxygen atoms in total. The molecule has 0 unspecified atom stereocenters. The fourth-order valence-electron chi connectivity index (χ4n) is 1.53. The molecule has 0 radical (unpaired) electrons. The van der Waals surface area contributed by atoms with Gasteiger partial charge in [-0.1, -0.05) is 27.7 Å². The second-order valence-corrected chi connectivity index (χ2v) is 6.01. The number of hydrogen-bond donors (Lipinski definition) is 2. The van der Waals surface area contributed by atoms with E-state index in [9.17, 15) is 9.59 Å². The first-order valence-electron chi connectivity index (χ1n) is 6.29. The maximum absolute atomic E-state index is 12.0. The summed E-state index contributed by atoms with van der Waals surface area (Å²) in [6.45, 7) is 7.79. The molecule has 1 atom stereocenters. The van der Waals surface area contributed by atoms with Gasteiger partial charge in [0, 0.05) is 11.4 Å². The molecule has 0 saturated carbocycles. The number of hydrogen-bond acceptors (Lipinski definition) is 4. The van der Waals surface area contributed by atoms with Gasteiger partial charge in [0.1, 0.15) is 0 Å². The molecule has 1 rings (SSSR count). The first-order chi connectivity index (χ1) is 8.81. The molecule has 0 aliphatic rings. The predicted octanol–water partition coefficient (Wildman–Crippen LogP) is 2.50. The van der Waals surface area contributed by atoms with E-state index in [2.05, 4.69) is 10.3 Å². The highest BCUT2D eigenvalue weighted by Crippen LogP contribution is 2.18. The van der Waals surface area contributed by atoms with E-state index in [4.69, 9.17) is 5.11 Å². The first-order valence-corrected chi connectivity index (χ1v) is 7.17. The summed E-state index contributed by atoms with van der Waals surface area (Å²) >= 11 is 1.29. The Kier molecular flexibility index (Phi) is 5.47. The van der Waals surface area contributed by atoms with Crippen molar-refractivity contribution in [1.82, 2.24) is 10.3 Å². The zero-order valence-electron chi connectivity index (χ0n) is 11.6. The Labute approximate surface area is 117 Å². The van der Waals surface area contributed by atoms with Crippen molar-refractivity contribution >= 4 is 23.2 Å². The molecule has 0 bridgehead atoms. The lowest BCUT2D eigenvalue weighted by molar-refractivity contribution is -0.137. The fourth-order valence-corrected chi connectivity index (χ4v) is 2.41. The molecule has 1 aromatic heterocycles. The van der Waals surface area contributed by atoms with Crippen LogP contribution in [0.15, 0.2) is 5.38 Å². The molecule has 0 spiro atoms. The van der Waals surface area contributed by atoms with Crippen molar-refractivity contribution in [2.45, 2.75) is 46.1 Å². The van der Waals surface area contributed by atoms with Crippen LogP contribution in [-0.4, -0.2) is 28.0 Å². The Hall–Kier alpha value is -1.43. The van der Waals surface area contributed by atoms with Crippen LogP contribution in [0, 0.1) is 5.92 Å². The Morgan fingerprint density at radius 1 is 1.37 bits per heavy atom. The number of nitrogens with one attached hydrogen (secondary N) is 1. The van der Waals surface area contributed by atoms with Gasteiger partial charge in [0.2, 0.25) is 0 Å². The van der Waals surface area contributed by atoms with E-state index in [1.165, 1.54) is 11.3 Å². The monoisotopic (exact) mass is 284 g/mol. The number of carbonyl (C=O) groups excluding carboxylic acids is 1. The predicted molar refractivity (Wildman–Crippen MR) is 74.5 cm³/mol. The van der Waals surface area contributed by atoms with Crippen LogP contribution in [0.5, 0.6) is 0 Å². The highest BCUT2D eigenvalue weighted by Gasteiger charge is 2.21. The number of aliphatic carboxylic acids is 1. The molecular weight excluding hydrogens is 264 g/mol. The molecule has 0 aliphatic carbocycles. The zero-order chi connectivity index (χ0) is 14.6. The normalized spacial score (nSPS) is 12.7. The SMILES string of the molecule is CC(C)c1csc(C(=O)N[C@@H](CC(=O)O)C(C)C)n1. The largest absolute Gasteiger partial charge is 0.481 e.